The SMILES string of the molecule is CC[C@@]1(O)C(=O)OCc2c1cc1n(c2=O)CC2=C(C=O)C3CCCCC3N=C21. The zero-order chi connectivity index (χ0) is 19.6. The van der Waals surface area contributed by atoms with E-state index in [-0.39, 0.29) is 30.5 Å². The number of aromatic nitrogens is 1. The van der Waals surface area contributed by atoms with Crippen molar-refractivity contribution < 1.29 is 19.4 Å². The van der Waals surface area contributed by atoms with Gasteiger partial charge in [-0.3, -0.25) is 14.6 Å². The molecule has 4 aliphatic rings. The number of carbonyl (C=O) groups is 2. The molecule has 1 aliphatic carbocycles. The fourth-order valence-corrected chi connectivity index (χ4v) is 5.19. The van der Waals surface area contributed by atoms with E-state index in [4.69, 9.17) is 9.73 Å². The molecular formula is C21H22N2O5. The highest BCUT2D eigenvalue weighted by molar-refractivity contribution is 6.17. The highest BCUT2D eigenvalue weighted by atomic mass is 16.6. The average molecular weight is 382 g/mol. The van der Waals surface area contributed by atoms with Gasteiger partial charge in [-0.2, -0.15) is 0 Å². The van der Waals surface area contributed by atoms with Crippen molar-refractivity contribution in [1.82, 2.24) is 4.57 Å². The van der Waals surface area contributed by atoms with Crippen LogP contribution in [0.1, 0.15) is 55.8 Å². The molecule has 1 fully saturated rings. The lowest BCUT2D eigenvalue weighted by Gasteiger charge is -2.33. The van der Waals surface area contributed by atoms with Gasteiger partial charge >= 0.3 is 5.97 Å². The van der Waals surface area contributed by atoms with Crippen LogP contribution in [-0.2, 0) is 33.1 Å². The van der Waals surface area contributed by atoms with Gasteiger partial charge in [-0.25, -0.2) is 4.79 Å². The lowest BCUT2D eigenvalue weighted by molar-refractivity contribution is -0.172. The van der Waals surface area contributed by atoms with E-state index in [1.807, 2.05) is 0 Å². The van der Waals surface area contributed by atoms with Crippen LogP contribution in [0.5, 0.6) is 0 Å². The number of allylic oxidation sites excluding steroid dienone is 1. The molecule has 0 saturated heterocycles. The Balaban J connectivity index is 1.74. The minimum absolute atomic E-state index is 0.0559. The van der Waals surface area contributed by atoms with Crippen LogP contribution >= 0.6 is 0 Å². The highest BCUT2D eigenvalue weighted by Crippen LogP contribution is 2.41. The molecule has 4 heterocycles. The van der Waals surface area contributed by atoms with E-state index in [0.29, 0.717) is 29.1 Å². The molecule has 1 aromatic rings. The first kappa shape index (κ1) is 17.6. The molecule has 0 radical (unpaired) electrons. The minimum atomic E-state index is -1.83. The summed E-state index contributed by atoms with van der Waals surface area (Å²) in [4.78, 5) is 42.3. The highest BCUT2D eigenvalue weighted by Gasteiger charge is 2.46. The molecule has 7 nitrogen and oxygen atoms in total. The van der Waals surface area contributed by atoms with Crippen LogP contribution in [0.25, 0.3) is 0 Å². The second-order valence-electron chi connectivity index (χ2n) is 8.09. The summed E-state index contributed by atoms with van der Waals surface area (Å²) in [6.07, 6.45) is 5.08. The molecule has 0 bridgehead atoms. The number of rotatable bonds is 2. The van der Waals surface area contributed by atoms with Gasteiger partial charge < -0.3 is 14.4 Å². The Labute approximate surface area is 161 Å². The van der Waals surface area contributed by atoms with Gasteiger partial charge in [0, 0.05) is 22.6 Å². The normalized spacial score (nSPS) is 30.6. The van der Waals surface area contributed by atoms with Crippen molar-refractivity contribution in [2.24, 2.45) is 10.9 Å². The van der Waals surface area contributed by atoms with Gasteiger partial charge in [-0.05, 0) is 25.3 Å². The Morgan fingerprint density at radius 1 is 1.36 bits per heavy atom. The van der Waals surface area contributed by atoms with Crippen LogP contribution in [0.4, 0.5) is 0 Å². The fourth-order valence-electron chi connectivity index (χ4n) is 5.19. The Morgan fingerprint density at radius 2 is 2.14 bits per heavy atom. The molecule has 3 atom stereocenters. The van der Waals surface area contributed by atoms with Gasteiger partial charge in [-0.1, -0.05) is 19.8 Å². The number of pyridine rings is 1. The molecule has 0 aromatic carbocycles. The van der Waals surface area contributed by atoms with Crippen LogP contribution in [-0.4, -0.2) is 33.7 Å². The molecule has 1 N–H and O–H groups in total. The van der Waals surface area contributed by atoms with Crippen molar-refractivity contribution >= 4 is 18.0 Å². The van der Waals surface area contributed by atoms with Gasteiger partial charge in [0.25, 0.3) is 5.56 Å². The van der Waals surface area contributed by atoms with Crippen LogP contribution in [0.2, 0.25) is 0 Å². The Morgan fingerprint density at radius 3 is 2.89 bits per heavy atom. The fraction of sp³-hybridized carbons (Fsp3) is 0.524. The maximum atomic E-state index is 13.2. The smallest absolute Gasteiger partial charge is 0.343 e. The summed E-state index contributed by atoms with van der Waals surface area (Å²) >= 11 is 0. The van der Waals surface area contributed by atoms with E-state index >= 15 is 0 Å². The number of aliphatic hydroxyl groups is 1. The summed E-state index contributed by atoms with van der Waals surface area (Å²) in [7, 11) is 0. The van der Waals surface area contributed by atoms with E-state index in [2.05, 4.69) is 0 Å². The van der Waals surface area contributed by atoms with E-state index in [0.717, 1.165) is 43.1 Å². The summed E-state index contributed by atoms with van der Waals surface area (Å²) in [6, 6.07) is 1.76. The minimum Gasteiger partial charge on any atom is -0.458 e. The lowest BCUT2D eigenvalue weighted by Crippen LogP contribution is -2.44. The zero-order valence-electron chi connectivity index (χ0n) is 15.7. The van der Waals surface area contributed by atoms with Crippen molar-refractivity contribution in [3.05, 3.63) is 44.4 Å². The van der Waals surface area contributed by atoms with Crippen LogP contribution in [0.3, 0.4) is 0 Å². The third-order valence-electron chi connectivity index (χ3n) is 6.79. The number of dihydropyridines is 1. The maximum Gasteiger partial charge on any atom is 0.343 e. The third kappa shape index (κ3) is 2.13. The third-order valence-corrected chi connectivity index (χ3v) is 6.79. The lowest BCUT2D eigenvalue weighted by atomic mass is 9.76. The van der Waals surface area contributed by atoms with E-state index in [9.17, 15) is 19.5 Å². The van der Waals surface area contributed by atoms with Crippen LogP contribution in [0.15, 0.2) is 27.0 Å². The number of fused-ring (bicyclic) bond motifs is 5. The predicted molar refractivity (Wildman–Crippen MR) is 100 cm³/mol. The Hall–Kier alpha value is -2.54. The van der Waals surface area contributed by atoms with Crippen molar-refractivity contribution in [1.29, 1.82) is 0 Å². The number of nitrogens with zero attached hydrogens (tertiary/aromatic N) is 2. The van der Waals surface area contributed by atoms with E-state index < -0.39 is 11.6 Å². The number of aldehydes is 1. The van der Waals surface area contributed by atoms with Crippen molar-refractivity contribution in [3.63, 3.8) is 0 Å². The largest absolute Gasteiger partial charge is 0.458 e. The van der Waals surface area contributed by atoms with Gasteiger partial charge in [0.15, 0.2) is 5.60 Å². The molecule has 1 aromatic heterocycles. The van der Waals surface area contributed by atoms with Crippen LogP contribution < -0.4 is 5.56 Å². The summed E-state index contributed by atoms with van der Waals surface area (Å²) < 4.78 is 6.69. The van der Waals surface area contributed by atoms with Crippen LogP contribution in [0, 0.1) is 5.92 Å². The number of hydrogen-bond acceptors (Lipinski definition) is 6. The summed E-state index contributed by atoms with van der Waals surface area (Å²) in [6.45, 7) is 1.84. The molecule has 2 unspecified atom stereocenters. The van der Waals surface area contributed by atoms with Crippen molar-refractivity contribution in [3.8, 4) is 0 Å². The number of cyclic esters (lactones) is 1. The van der Waals surface area contributed by atoms with Gasteiger partial charge in [-0.15, -0.1) is 0 Å². The quantitative estimate of drug-likeness (QED) is 0.615. The number of carbonyl (C=O) groups excluding carboxylic acids is 2. The first-order valence-corrected chi connectivity index (χ1v) is 9.93. The maximum absolute atomic E-state index is 13.2. The molecule has 0 spiro atoms. The first-order valence-electron chi connectivity index (χ1n) is 9.93. The zero-order valence-corrected chi connectivity index (χ0v) is 15.7. The molecule has 28 heavy (non-hydrogen) atoms. The number of hydrogen-bond donors (Lipinski definition) is 1. The Kier molecular flexibility index (Phi) is 3.75. The molecule has 5 rings (SSSR count). The summed E-state index contributed by atoms with van der Waals surface area (Å²) in [5.41, 5.74) is 1.32. The Bertz CT molecular complexity index is 1030. The van der Waals surface area contributed by atoms with Gasteiger partial charge in [0.2, 0.25) is 0 Å². The monoisotopic (exact) mass is 382 g/mol. The summed E-state index contributed by atoms with van der Waals surface area (Å²) in [5.74, 6) is -0.603. The second-order valence-corrected chi connectivity index (χ2v) is 8.09. The van der Waals surface area contributed by atoms with E-state index in [1.165, 1.54) is 0 Å². The molecule has 146 valence electrons. The summed E-state index contributed by atoms with van der Waals surface area (Å²) in [5, 5.41) is 10.9. The van der Waals surface area contributed by atoms with Crippen molar-refractivity contribution in [2.75, 3.05) is 0 Å². The molecular weight excluding hydrogens is 360 g/mol. The molecule has 7 heteroatoms. The average Bonchev–Trinajstić information content (AvgIpc) is 3.08. The second kappa shape index (κ2) is 5.98. The number of ether oxygens (including phenoxy) is 1. The van der Waals surface area contributed by atoms with Gasteiger partial charge in [0.05, 0.1) is 29.6 Å². The van der Waals surface area contributed by atoms with E-state index in [1.54, 1.807) is 17.6 Å². The first-order chi connectivity index (χ1) is 13.5. The van der Waals surface area contributed by atoms with Gasteiger partial charge in [0.1, 0.15) is 12.9 Å². The molecule has 3 aliphatic heterocycles. The van der Waals surface area contributed by atoms with Crippen molar-refractivity contribution in [2.45, 2.75) is 63.8 Å². The molecule has 0 amide bonds. The standard InChI is InChI=1S/C21H22N2O5/c1-2-21(27)15-7-17-18-12(8-23(17)19(25)14(15)10-28-20(21)26)13(9-24)11-5-3-4-6-16(11)22-18/h7,9,11,16,27H,2-6,8,10H2,1H3/t11?,16?,21-/m0/s1. The molecule has 1 saturated carbocycles. The predicted octanol–water partition coefficient (Wildman–Crippen LogP) is 1.37. The number of aliphatic imine (C=N–C) groups is 1. The number of esters is 1. The topological polar surface area (TPSA) is 98.0 Å².